The van der Waals surface area contributed by atoms with E-state index in [9.17, 15) is 14.0 Å². The Hall–Kier alpha value is -2.31. The molecule has 0 aliphatic carbocycles. The number of rotatable bonds is 6. The van der Waals surface area contributed by atoms with E-state index in [4.69, 9.17) is 9.84 Å². The summed E-state index contributed by atoms with van der Waals surface area (Å²) in [6.45, 7) is 3.38. The summed E-state index contributed by atoms with van der Waals surface area (Å²) in [4.78, 5) is 22.4. The number of hydrogen-bond acceptors (Lipinski definition) is 3. The molecular weight excluding hydrogens is 279 g/mol. The topological polar surface area (TPSA) is 87.7 Å². The lowest BCUT2D eigenvalue weighted by Crippen LogP contribution is -2.45. The summed E-state index contributed by atoms with van der Waals surface area (Å²) in [5.41, 5.74) is -0.737. The maximum atomic E-state index is 13.6. The molecule has 21 heavy (non-hydrogen) atoms. The minimum Gasteiger partial charge on any atom is -0.497 e. The molecule has 7 heteroatoms. The van der Waals surface area contributed by atoms with E-state index in [1.807, 2.05) is 0 Å². The third-order valence-corrected chi connectivity index (χ3v) is 2.84. The number of carboxylic acid groups (broad SMARTS) is 1. The first-order valence-corrected chi connectivity index (χ1v) is 6.38. The van der Waals surface area contributed by atoms with E-state index >= 15 is 0 Å². The monoisotopic (exact) mass is 298 g/mol. The van der Waals surface area contributed by atoms with Crippen LogP contribution in [0.4, 0.5) is 14.9 Å². The minimum atomic E-state index is -0.941. The smallest absolute Gasteiger partial charge is 0.319 e. The van der Waals surface area contributed by atoms with Crippen LogP contribution in [0.15, 0.2) is 18.2 Å². The summed E-state index contributed by atoms with van der Waals surface area (Å²) in [7, 11) is 1.44. The predicted molar refractivity (Wildman–Crippen MR) is 76.1 cm³/mol. The van der Waals surface area contributed by atoms with Gasteiger partial charge < -0.3 is 20.5 Å². The molecule has 0 spiro atoms. The molecule has 1 rings (SSSR count). The van der Waals surface area contributed by atoms with Crippen molar-refractivity contribution < 1.29 is 23.8 Å². The Balaban J connectivity index is 2.66. The first-order chi connectivity index (χ1) is 9.73. The summed E-state index contributed by atoms with van der Waals surface area (Å²) < 4.78 is 18.5. The first-order valence-electron chi connectivity index (χ1n) is 6.38. The summed E-state index contributed by atoms with van der Waals surface area (Å²) in [6.07, 6.45) is 0.192. The van der Waals surface area contributed by atoms with E-state index in [-0.39, 0.29) is 18.5 Å². The number of halogens is 1. The average molecular weight is 298 g/mol. The molecule has 0 aromatic heterocycles. The number of methoxy groups -OCH3 is 1. The van der Waals surface area contributed by atoms with Crippen LogP contribution in [0.2, 0.25) is 0 Å². The van der Waals surface area contributed by atoms with E-state index in [1.54, 1.807) is 13.8 Å². The standard InChI is InChI=1S/C14H19FN2O4/c1-14(2,7-6-12(18)19)17-13(20)16-11-8-9(21-3)4-5-10(11)15/h4-5,8H,6-7H2,1-3H3,(H,18,19)(H2,16,17,20). The van der Waals surface area contributed by atoms with Gasteiger partial charge in [-0.25, -0.2) is 9.18 Å². The fourth-order valence-electron chi connectivity index (χ4n) is 1.67. The van der Waals surface area contributed by atoms with Gasteiger partial charge in [-0.3, -0.25) is 4.79 Å². The van der Waals surface area contributed by atoms with Gasteiger partial charge in [-0.2, -0.15) is 0 Å². The van der Waals surface area contributed by atoms with Crippen LogP contribution in [-0.2, 0) is 4.79 Å². The van der Waals surface area contributed by atoms with Crippen LogP contribution in [0.1, 0.15) is 26.7 Å². The molecule has 0 heterocycles. The fraction of sp³-hybridized carbons (Fsp3) is 0.429. The quantitative estimate of drug-likeness (QED) is 0.753. The van der Waals surface area contributed by atoms with Gasteiger partial charge in [0.2, 0.25) is 0 Å². The van der Waals surface area contributed by atoms with Gasteiger partial charge in [-0.15, -0.1) is 0 Å². The summed E-state index contributed by atoms with van der Waals surface area (Å²) in [5.74, 6) is -1.12. The second-order valence-electron chi connectivity index (χ2n) is 5.20. The van der Waals surface area contributed by atoms with Crippen molar-refractivity contribution in [2.45, 2.75) is 32.2 Å². The molecule has 0 unspecified atom stereocenters. The van der Waals surface area contributed by atoms with E-state index in [1.165, 1.54) is 25.3 Å². The summed E-state index contributed by atoms with van der Waals surface area (Å²) >= 11 is 0. The van der Waals surface area contributed by atoms with E-state index in [2.05, 4.69) is 10.6 Å². The number of anilines is 1. The molecule has 0 bridgehead atoms. The summed E-state index contributed by atoms with van der Waals surface area (Å²) in [5, 5.41) is 13.6. The number of ether oxygens (including phenoxy) is 1. The number of carboxylic acids is 1. The largest absolute Gasteiger partial charge is 0.497 e. The van der Waals surface area contributed by atoms with Crippen molar-refractivity contribution in [3.8, 4) is 5.75 Å². The number of nitrogens with one attached hydrogen (secondary N) is 2. The lowest BCUT2D eigenvalue weighted by molar-refractivity contribution is -0.137. The molecule has 6 nitrogen and oxygen atoms in total. The van der Waals surface area contributed by atoms with Crippen molar-refractivity contribution in [1.82, 2.24) is 5.32 Å². The highest BCUT2D eigenvalue weighted by molar-refractivity contribution is 5.90. The Bertz CT molecular complexity index is 532. The third-order valence-electron chi connectivity index (χ3n) is 2.84. The number of urea groups is 1. The fourth-order valence-corrected chi connectivity index (χ4v) is 1.67. The molecule has 1 aromatic carbocycles. The number of aliphatic carboxylic acids is 1. The number of benzene rings is 1. The first kappa shape index (κ1) is 16.7. The highest BCUT2D eigenvalue weighted by Gasteiger charge is 2.22. The van der Waals surface area contributed by atoms with Gasteiger partial charge in [0.15, 0.2) is 0 Å². The average Bonchev–Trinajstić information content (AvgIpc) is 2.38. The van der Waals surface area contributed by atoms with Crippen molar-refractivity contribution in [3.63, 3.8) is 0 Å². The maximum Gasteiger partial charge on any atom is 0.319 e. The van der Waals surface area contributed by atoms with Crippen LogP contribution in [0.25, 0.3) is 0 Å². The molecule has 2 amide bonds. The zero-order valence-corrected chi connectivity index (χ0v) is 12.2. The molecule has 0 atom stereocenters. The van der Waals surface area contributed by atoms with Crippen molar-refractivity contribution in [1.29, 1.82) is 0 Å². The van der Waals surface area contributed by atoms with Gasteiger partial charge in [-0.1, -0.05) is 0 Å². The molecule has 3 N–H and O–H groups in total. The van der Waals surface area contributed by atoms with Crippen LogP contribution in [0, 0.1) is 5.82 Å². The van der Waals surface area contributed by atoms with Gasteiger partial charge in [-0.05, 0) is 32.4 Å². The summed E-state index contributed by atoms with van der Waals surface area (Å²) in [6, 6.07) is 3.37. The number of hydrogen-bond donors (Lipinski definition) is 3. The number of carbonyl (C=O) groups excluding carboxylic acids is 1. The highest BCUT2D eigenvalue weighted by atomic mass is 19.1. The molecular formula is C14H19FN2O4. The second kappa shape index (κ2) is 6.92. The van der Waals surface area contributed by atoms with Gasteiger partial charge in [0, 0.05) is 18.0 Å². The van der Waals surface area contributed by atoms with Crippen molar-refractivity contribution in [2.24, 2.45) is 0 Å². The Labute approximate surface area is 122 Å². The second-order valence-corrected chi connectivity index (χ2v) is 5.20. The van der Waals surface area contributed by atoms with Gasteiger partial charge in [0.1, 0.15) is 11.6 Å². The molecule has 1 aromatic rings. The Morgan fingerprint density at radius 2 is 2.05 bits per heavy atom. The van der Waals surface area contributed by atoms with Crippen LogP contribution in [0.3, 0.4) is 0 Å². The third kappa shape index (κ3) is 5.68. The Kier molecular flexibility index (Phi) is 5.52. The van der Waals surface area contributed by atoms with Crippen LogP contribution in [-0.4, -0.2) is 29.8 Å². The van der Waals surface area contributed by atoms with Crippen LogP contribution in [0.5, 0.6) is 5.75 Å². The van der Waals surface area contributed by atoms with E-state index in [0.29, 0.717) is 5.75 Å². The Morgan fingerprint density at radius 1 is 1.38 bits per heavy atom. The molecule has 0 saturated carbocycles. The highest BCUT2D eigenvalue weighted by Crippen LogP contribution is 2.21. The van der Waals surface area contributed by atoms with E-state index in [0.717, 1.165) is 0 Å². The van der Waals surface area contributed by atoms with Gasteiger partial charge in [0.25, 0.3) is 0 Å². The zero-order chi connectivity index (χ0) is 16.0. The van der Waals surface area contributed by atoms with Crippen molar-refractivity contribution >= 4 is 17.7 Å². The minimum absolute atomic E-state index is 0.0131. The lowest BCUT2D eigenvalue weighted by atomic mass is 9.99. The van der Waals surface area contributed by atoms with E-state index < -0.39 is 23.4 Å². The molecule has 0 aliphatic heterocycles. The predicted octanol–water partition coefficient (Wildman–Crippen LogP) is 2.60. The molecule has 0 saturated heterocycles. The normalized spacial score (nSPS) is 10.9. The Morgan fingerprint density at radius 3 is 2.62 bits per heavy atom. The molecule has 0 fully saturated rings. The maximum absolute atomic E-state index is 13.6. The van der Waals surface area contributed by atoms with Gasteiger partial charge >= 0.3 is 12.0 Å². The van der Waals surface area contributed by atoms with Crippen LogP contribution < -0.4 is 15.4 Å². The molecule has 0 radical (unpaired) electrons. The molecule has 116 valence electrons. The zero-order valence-electron chi connectivity index (χ0n) is 12.2. The number of carbonyl (C=O) groups is 2. The SMILES string of the molecule is COc1ccc(F)c(NC(=O)NC(C)(C)CCC(=O)O)c1. The number of amides is 2. The van der Waals surface area contributed by atoms with Crippen molar-refractivity contribution in [2.75, 3.05) is 12.4 Å². The van der Waals surface area contributed by atoms with Crippen LogP contribution >= 0.6 is 0 Å². The van der Waals surface area contributed by atoms with Gasteiger partial charge in [0.05, 0.1) is 12.8 Å². The van der Waals surface area contributed by atoms with Crippen molar-refractivity contribution in [3.05, 3.63) is 24.0 Å². The molecule has 0 aliphatic rings. The lowest BCUT2D eigenvalue weighted by Gasteiger charge is -2.25.